The van der Waals surface area contributed by atoms with Crippen molar-refractivity contribution >= 4 is 17.4 Å². The minimum atomic E-state index is 0.330. The molecule has 0 aromatic carbocycles. The van der Waals surface area contributed by atoms with Gasteiger partial charge in [0.1, 0.15) is 0 Å². The standard InChI is InChI=1S/C16H27N3S/c1-13(2)9-18-10-14-5-6-17-11-15(14)19-7-8-20-16(3,4)12-19/h5-6,11,13,18H,7-10,12H2,1-4H3. The van der Waals surface area contributed by atoms with Crippen molar-refractivity contribution in [3.8, 4) is 0 Å². The lowest BCUT2D eigenvalue weighted by atomic mass is 10.1. The van der Waals surface area contributed by atoms with Gasteiger partial charge in [0, 0.05) is 36.3 Å². The number of nitrogens with zero attached hydrogens (tertiary/aromatic N) is 2. The van der Waals surface area contributed by atoms with Gasteiger partial charge in [0.25, 0.3) is 0 Å². The van der Waals surface area contributed by atoms with E-state index < -0.39 is 0 Å². The highest BCUT2D eigenvalue weighted by Gasteiger charge is 2.28. The number of aromatic nitrogens is 1. The Labute approximate surface area is 127 Å². The molecule has 20 heavy (non-hydrogen) atoms. The summed E-state index contributed by atoms with van der Waals surface area (Å²) in [5.41, 5.74) is 2.67. The molecule has 0 aliphatic carbocycles. The zero-order valence-corrected chi connectivity index (χ0v) is 14.0. The Morgan fingerprint density at radius 3 is 2.95 bits per heavy atom. The number of thioether (sulfide) groups is 1. The first-order valence-corrected chi connectivity index (χ1v) is 8.49. The van der Waals surface area contributed by atoms with E-state index in [1.165, 1.54) is 17.0 Å². The summed E-state index contributed by atoms with van der Waals surface area (Å²) in [4.78, 5) is 6.83. The van der Waals surface area contributed by atoms with Crippen LogP contribution in [-0.4, -0.2) is 35.1 Å². The minimum absolute atomic E-state index is 0.330. The van der Waals surface area contributed by atoms with Crippen molar-refractivity contribution in [1.29, 1.82) is 0 Å². The van der Waals surface area contributed by atoms with Crippen LogP contribution in [0.2, 0.25) is 0 Å². The highest BCUT2D eigenvalue weighted by atomic mass is 32.2. The SMILES string of the molecule is CC(C)CNCc1ccncc1N1CCSC(C)(C)C1. The molecule has 0 saturated carbocycles. The van der Waals surface area contributed by atoms with Crippen molar-refractivity contribution in [1.82, 2.24) is 10.3 Å². The Morgan fingerprint density at radius 1 is 1.45 bits per heavy atom. The second kappa shape index (κ2) is 6.81. The second-order valence-electron chi connectivity index (χ2n) is 6.56. The van der Waals surface area contributed by atoms with Crippen LogP contribution in [0.25, 0.3) is 0 Å². The summed E-state index contributed by atoms with van der Waals surface area (Å²) in [5.74, 6) is 1.88. The number of nitrogens with one attached hydrogen (secondary N) is 1. The van der Waals surface area contributed by atoms with Crippen LogP contribution in [0.3, 0.4) is 0 Å². The second-order valence-corrected chi connectivity index (χ2v) is 8.36. The third-order valence-corrected chi connectivity index (χ3v) is 4.82. The quantitative estimate of drug-likeness (QED) is 0.902. The van der Waals surface area contributed by atoms with E-state index in [-0.39, 0.29) is 0 Å². The number of hydrogen-bond donors (Lipinski definition) is 1. The lowest BCUT2D eigenvalue weighted by Gasteiger charge is -2.39. The molecule has 1 aliphatic heterocycles. The number of hydrogen-bond acceptors (Lipinski definition) is 4. The molecule has 2 rings (SSSR count). The molecule has 0 radical (unpaired) electrons. The van der Waals surface area contributed by atoms with Crippen LogP contribution in [-0.2, 0) is 6.54 Å². The third-order valence-electron chi connectivity index (χ3n) is 3.52. The maximum atomic E-state index is 4.34. The predicted molar refractivity (Wildman–Crippen MR) is 89.5 cm³/mol. The van der Waals surface area contributed by atoms with Crippen LogP contribution in [0.1, 0.15) is 33.3 Å². The maximum Gasteiger partial charge on any atom is 0.0599 e. The lowest BCUT2D eigenvalue weighted by Crippen LogP contribution is -2.43. The molecule has 3 nitrogen and oxygen atoms in total. The lowest BCUT2D eigenvalue weighted by molar-refractivity contribution is 0.551. The minimum Gasteiger partial charge on any atom is -0.368 e. The van der Waals surface area contributed by atoms with Crippen LogP contribution in [0, 0.1) is 5.92 Å². The number of pyridine rings is 1. The van der Waals surface area contributed by atoms with Gasteiger partial charge >= 0.3 is 0 Å². The molecular formula is C16H27N3S. The Bertz CT molecular complexity index is 431. The van der Waals surface area contributed by atoms with E-state index in [0.29, 0.717) is 10.7 Å². The fraction of sp³-hybridized carbons (Fsp3) is 0.688. The van der Waals surface area contributed by atoms with Gasteiger partial charge in [-0.05, 0) is 37.9 Å². The van der Waals surface area contributed by atoms with E-state index in [9.17, 15) is 0 Å². The van der Waals surface area contributed by atoms with Crippen LogP contribution in [0.15, 0.2) is 18.5 Å². The van der Waals surface area contributed by atoms with Crippen LogP contribution in [0.5, 0.6) is 0 Å². The summed E-state index contributed by atoms with van der Waals surface area (Å²) in [6, 6.07) is 2.15. The van der Waals surface area contributed by atoms with Gasteiger partial charge in [-0.25, -0.2) is 0 Å². The molecular weight excluding hydrogens is 266 g/mol. The summed E-state index contributed by atoms with van der Waals surface area (Å²) in [6.45, 7) is 13.4. The fourth-order valence-corrected chi connectivity index (χ4v) is 3.68. The van der Waals surface area contributed by atoms with Crippen LogP contribution >= 0.6 is 11.8 Å². The molecule has 0 bridgehead atoms. The Balaban J connectivity index is 2.07. The molecule has 0 amide bonds. The molecule has 0 unspecified atom stereocenters. The summed E-state index contributed by atoms with van der Waals surface area (Å²) in [7, 11) is 0. The fourth-order valence-electron chi connectivity index (χ4n) is 2.57. The van der Waals surface area contributed by atoms with Crippen molar-refractivity contribution in [2.75, 3.05) is 30.3 Å². The number of anilines is 1. The molecule has 112 valence electrons. The predicted octanol–water partition coefficient (Wildman–Crippen LogP) is 3.16. The van der Waals surface area contributed by atoms with Crippen molar-refractivity contribution in [2.24, 2.45) is 5.92 Å². The summed E-state index contributed by atoms with van der Waals surface area (Å²) in [6.07, 6.45) is 3.93. The number of rotatable bonds is 5. The topological polar surface area (TPSA) is 28.2 Å². The third kappa shape index (κ3) is 4.38. The van der Waals surface area contributed by atoms with E-state index in [2.05, 4.69) is 60.7 Å². The van der Waals surface area contributed by atoms with Gasteiger partial charge in [-0.1, -0.05) is 13.8 Å². The van der Waals surface area contributed by atoms with E-state index in [0.717, 1.165) is 26.2 Å². The smallest absolute Gasteiger partial charge is 0.0599 e. The maximum absolute atomic E-state index is 4.34. The van der Waals surface area contributed by atoms with Gasteiger partial charge in [0.15, 0.2) is 0 Å². The van der Waals surface area contributed by atoms with Crippen molar-refractivity contribution in [3.05, 3.63) is 24.0 Å². The van der Waals surface area contributed by atoms with Crippen LogP contribution < -0.4 is 10.2 Å². The molecule has 1 aromatic heterocycles. The zero-order chi connectivity index (χ0) is 14.6. The Morgan fingerprint density at radius 2 is 2.25 bits per heavy atom. The van der Waals surface area contributed by atoms with Crippen LogP contribution in [0.4, 0.5) is 5.69 Å². The van der Waals surface area contributed by atoms with Gasteiger partial charge in [-0.2, -0.15) is 11.8 Å². The molecule has 0 atom stereocenters. The first kappa shape index (κ1) is 15.6. The molecule has 1 N–H and O–H groups in total. The molecule has 4 heteroatoms. The molecule has 2 heterocycles. The molecule has 0 spiro atoms. The van der Waals surface area contributed by atoms with E-state index in [1.54, 1.807) is 0 Å². The summed E-state index contributed by atoms with van der Waals surface area (Å²) >= 11 is 2.07. The largest absolute Gasteiger partial charge is 0.368 e. The van der Waals surface area contributed by atoms with E-state index in [4.69, 9.17) is 0 Å². The van der Waals surface area contributed by atoms with E-state index >= 15 is 0 Å². The average molecular weight is 293 g/mol. The van der Waals surface area contributed by atoms with Gasteiger partial charge in [-0.3, -0.25) is 4.98 Å². The first-order chi connectivity index (χ1) is 9.48. The van der Waals surface area contributed by atoms with Crippen molar-refractivity contribution in [3.63, 3.8) is 0 Å². The molecule has 1 aromatic rings. The van der Waals surface area contributed by atoms with Crippen molar-refractivity contribution < 1.29 is 0 Å². The van der Waals surface area contributed by atoms with Gasteiger partial charge in [-0.15, -0.1) is 0 Å². The van der Waals surface area contributed by atoms with Gasteiger partial charge in [0.2, 0.25) is 0 Å². The zero-order valence-electron chi connectivity index (χ0n) is 13.1. The highest BCUT2D eigenvalue weighted by molar-refractivity contribution is 8.00. The molecule has 1 fully saturated rings. The Kier molecular flexibility index (Phi) is 5.33. The summed E-state index contributed by atoms with van der Waals surface area (Å²) in [5, 5.41) is 3.54. The molecule has 1 saturated heterocycles. The highest BCUT2D eigenvalue weighted by Crippen LogP contribution is 2.33. The van der Waals surface area contributed by atoms with Crippen molar-refractivity contribution in [2.45, 2.75) is 39.0 Å². The average Bonchev–Trinajstić information content (AvgIpc) is 2.37. The summed E-state index contributed by atoms with van der Waals surface area (Å²) < 4.78 is 0.330. The normalized spacial score (nSPS) is 18.6. The molecule has 1 aliphatic rings. The Hall–Kier alpha value is -0.740. The van der Waals surface area contributed by atoms with Gasteiger partial charge < -0.3 is 10.2 Å². The monoisotopic (exact) mass is 293 g/mol. The van der Waals surface area contributed by atoms with E-state index in [1.807, 2.05) is 12.4 Å². The van der Waals surface area contributed by atoms with Gasteiger partial charge in [0.05, 0.1) is 11.9 Å². The first-order valence-electron chi connectivity index (χ1n) is 7.50.